The number of hydrogen-bond acceptors (Lipinski definition) is 3. The summed E-state index contributed by atoms with van der Waals surface area (Å²) in [5, 5.41) is 13.6. The zero-order valence-corrected chi connectivity index (χ0v) is 15.4. The molecule has 1 heterocycles. The fraction of sp³-hybridized carbons (Fsp3) is 0.409. The van der Waals surface area contributed by atoms with Gasteiger partial charge in [-0.1, -0.05) is 55.5 Å². The highest BCUT2D eigenvalue weighted by Gasteiger charge is 2.27. The van der Waals surface area contributed by atoms with Gasteiger partial charge in [-0.25, -0.2) is 0 Å². The Balaban J connectivity index is 1.48. The highest BCUT2D eigenvalue weighted by molar-refractivity contribution is 5.93. The number of nitrogens with zero attached hydrogens (tertiary/aromatic N) is 1. The number of piperidine rings is 1. The number of carbonyl (C=O) groups excluding carboxylic acids is 1. The van der Waals surface area contributed by atoms with E-state index in [9.17, 15) is 9.90 Å². The van der Waals surface area contributed by atoms with Crippen molar-refractivity contribution >= 4 is 11.6 Å². The maximum Gasteiger partial charge on any atom is 0.238 e. The third-order valence-electron chi connectivity index (χ3n) is 5.26. The Labute approximate surface area is 155 Å². The van der Waals surface area contributed by atoms with Crippen molar-refractivity contribution in [1.82, 2.24) is 4.90 Å². The number of hydrogen-bond donors (Lipinski definition) is 2. The fourth-order valence-electron chi connectivity index (χ4n) is 3.69. The van der Waals surface area contributed by atoms with Crippen molar-refractivity contribution in [2.24, 2.45) is 5.92 Å². The molecule has 1 aliphatic rings. The predicted molar refractivity (Wildman–Crippen MR) is 105 cm³/mol. The molecule has 1 aliphatic heterocycles. The molecule has 1 atom stereocenters. The molecular weight excluding hydrogens is 324 g/mol. The van der Waals surface area contributed by atoms with Crippen LogP contribution in [0.5, 0.6) is 0 Å². The first-order valence-electron chi connectivity index (χ1n) is 9.50. The molecule has 4 heteroatoms. The molecule has 2 N–H and O–H groups in total. The molecule has 1 fully saturated rings. The van der Waals surface area contributed by atoms with Crippen LogP contribution in [0.2, 0.25) is 0 Å². The van der Waals surface area contributed by atoms with E-state index in [1.807, 2.05) is 54.6 Å². The van der Waals surface area contributed by atoms with Gasteiger partial charge in [-0.3, -0.25) is 9.69 Å². The van der Waals surface area contributed by atoms with Crippen LogP contribution in [0.4, 0.5) is 5.69 Å². The van der Waals surface area contributed by atoms with E-state index in [0.717, 1.165) is 49.2 Å². The van der Waals surface area contributed by atoms with Crippen molar-refractivity contribution in [3.63, 3.8) is 0 Å². The summed E-state index contributed by atoms with van der Waals surface area (Å²) in [5.41, 5.74) is 3.06. The minimum Gasteiger partial charge on any atom is -0.388 e. The van der Waals surface area contributed by atoms with Crippen molar-refractivity contribution in [2.45, 2.75) is 32.3 Å². The number of amides is 1. The van der Waals surface area contributed by atoms with E-state index in [4.69, 9.17) is 0 Å². The fourth-order valence-corrected chi connectivity index (χ4v) is 3.69. The topological polar surface area (TPSA) is 52.6 Å². The number of nitrogens with one attached hydrogen (secondary N) is 1. The average Bonchev–Trinajstić information content (AvgIpc) is 2.69. The van der Waals surface area contributed by atoms with Gasteiger partial charge in [0.15, 0.2) is 0 Å². The quantitative estimate of drug-likeness (QED) is 0.835. The average molecular weight is 352 g/mol. The van der Waals surface area contributed by atoms with Gasteiger partial charge >= 0.3 is 0 Å². The molecule has 2 aromatic rings. The van der Waals surface area contributed by atoms with E-state index < -0.39 is 6.10 Å². The predicted octanol–water partition coefficient (Wildman–Crippen LogP) is 3.63. The maximum absolute atomic E-state index is 12.4. The lowest BCUT2D eigenvalue weighted by atomic mass is 9.87. The van der Waals surface area contributed by atoms with Crippen LogP contribution in [0.15, 0.2) is 54.6 Å². The van der Waals surface area contributed by atoms with Gasteiger partial charge in [-0.2, -0.15) is 0 Å². The summed E-state index contributed by atoms with van der Waals surface area (Å²) < 4.78 is 0. The molecule has 0 radical (unpaired) electrons. The monoisotopic (exact) mass is 352 g/mol. The molecule has 1 saturated heterocycles. The minimum atomic E-state index is -0.413. The Bertz CT molecular complexity index is 709. The lowest BCUT2D eigenvalue weighted by molar-refractivity contribution is -0.117. The number of rotatable bonds is 6. The second-order valence-corrected chi connectivity index (χ2v) is 7.03. The SMILES string of the molecule is CCc1ccccc1NC(=O)CN1CCC(C(O)c2ccccc2)CC1. The molecule has 3 rings (SSSR count). The molecule has 2 aromatic carbocycles. The van der Waals surface area contributed by atoms with E-state index in [1.165, 1.54) is 0 Å². The van der Waals surface area contributed by atoms with Crippen LogP contribution < -0.4 is 5.32 Å². The van der Waals surface area contributed by atoms with Gasteiger partial charge in [0.2, 0.25) is 5.91 Å². The van der Waals surface area contributed by atoms with Gasteiger partial charge < -0.3 is 10.4 Å². The maximum atomic E-state index is 12.4. The van der Waals surface area contributed by atoms with Crippen LogP contribution in [0.25, 0.3) is 0 Å². The van der Waals surface area contributed by atoms with Crippen molar-refractivity contribution in [3.8, 4) is 0 Å². The van der Waals surface area contributed by atoms with Crippen LogP contribution in [-0.4, -0.2) is 35.5 Å². The van der Waals surface area contributed by atoms with Crippen molar-refractivity contribution in [2.75, 3.05) is 25.0 Å². The molecule has 1 unspecified atom stereocenters. The molecule has 0 spiro atoms. The highest BCUT2D eigenvalue weighted by atomic mass is 16.3. The van der Waals surface area contributed by atoms with Crippen LogP contribution in [-0.2, 0) is 11.2 Å². The summed E-state index contributed by atoms with van der Waals surface area (Å²) in [5.74, 6) is 0.297. The van der Waals surface area contributed by atoms with Crippen molar-refractivity contribution < 1.29 is 9.90 Å². The third-order valence-corrected chi connectivity index (χ3v) is 5.26. The molecule has 0 aromatic heterocycles. The lowest BCUT2D eigenvalue weighted by Gasteiger charge is -2.34. The summed E-state index contributed by atoms with van der Waals surface area (Å²) in [6.07, 6.45) is 2.31. The number of carbonyl (C=O) groups is 1. The van der Waals surface area contributed by atoms with E-state index >= 15 is 0 Å². The molecule has 0 bridgehead atoms. The summed E-state index contributed by atoms with van der Waals surface area (Å²) >= 11 is 0. The molecule has 1 amide bonds. The van der Waals surface area contributed by atoms with E-state index in [1.54, 1.807) is 0 Å². The summed E-state index contributed by atoms with van der Waals surface area (Å²) in [7, 11) is 0. The summed E-state index contributed by atoms with van der Waals surface area (Å²) in [6, 6.07) is 17.8. The van der Waals surface area contributed by atoms with Gasteiger partial charge in [-0.05, 0) is 55.5 Å². The Morgan fingerprint density at radius 1 is 1.12 bits per heavy atom. The van der Waals surface area contributed by atoms with Crippen LogP contribution in [0.1, 0.15) is 37.0 Å². The highest BCUT2D eigenvalue weighted by Crippen LogP contribution is 2.30. The Hall–Kier alpha value is -2.17. The molecule has 0 saturated carbocycles. The minimum absolute atomic E-state index is 0.0351. The number of anilines is 1. The van der Waals surface area contributed by atoms with E-state index in [-0.39, 0.29) is 11.8 Å². The first kappa shape index (κ1) is 18.6. The second kappa shape index (κ2) is 8.97. The molecule has 26 heavy (non-hydrogen) atoms. The molecule has 0 aliphatic carbocycles. The van der Waals surface area contributed by atoms with Crippen LogP contribution >= 0.6 is 0 Å². The standard InChI is InChI=1S/C22H28N2O2/c1-2-17-8-6-7-11-20(17)23-21(25)16-24-14-12-19(13-15-24)22(26)18-9-4-3-5-10-18/h3-11,19,22,26H,2,12-16H2,1H3,(H,23,25). The number of para-hydroxylation sites is 1. The number of benzene rings is 2. The third kappa shape index (κ3) is 4.71. The molecular formula is C22H28N2O2. The van der Waals surface area contributed by atoms with E-state index in [0.29, 0.717) is 6.54 Å². The zero-order chi connectivity index (χ0) is 18.4. The smallest absolute Gasteiger partial charge is 0.238 e. The first-order chi connectivity index (χ1) is 12.7. The molecule has 4 nitrogen and oxygen atoms in total. The summed E-state index contributed by atoms with van der Waals surface area (Å²) in [4.78, 5) is 14.6. The van der Waals surface area contributed by atoms with Gasteiger partial charge in [0.25, 0.3) is 0 Å². The van der Waals surface area contributed by atoms with Gasteiger partial charge in [0.05, 0.1) is 12.6 Å². The van der Waals surface area contributed by atoms with Gasteiger partial charge in [0, 0.05) is 5.69 Å². The van der Waals surface area contributed by atoms with E-state index in [2.05, 4.69) is 17.1 Å². The Morgan fingerprint density at radius 2 is 1.77 bits per heavy atom. The Morgan fingerprint density at radius 3 is 2.46 bits per heavy atom. The number of aliphatic hydroxyl groups excluding tert-OH is 1. The Kier molecular flexibility index (Phi) is 6.42. The number of aliphatic hydroxyl groups is 1. The summed E-state index contributed by atoms with van der Waals surface area (Å²) in [6.45, 7) is 4.19. The normalized spacial score (nSPS) is 17.0. The zero-order valence-electron chi connectivity index (χ0n) is 15.4. The van der Waals surface area contributed by atoms with Crippen molar-refractivity contribution in [3.05, 3.63) is 65.7 Å². The van der Waals surface area contributed by atoms with Gasteiger partial charge in [-0.15, -0.1) is 0 Å². The molecule has 138 valence electrons. The van der Waals surface area contributed by atoms with Crippen molar-refractivity contribution in [1.29, 1.82) is 0 Å². The lowest BCUT2D eigenvalue weighted by Crippen LogP contribution is -2.40. The van der Waals surface area contributed by atoms with Gasteiger partial charge in [0.1, 0.15) is 0 Å². The first-order valence-corrected chi connectivity index (χ1v) is 9.50. The number of aryl methyl sites for hydroxylation is 1. The number of likely N-dealkylation sites (tertiary alicyclic amines) is 1. The van der Waals surface area contributed by atoms with Crippen LogP contribution in [0.3, 0.4) is 0 Å². The van der Waals surface area contributed by atoms with Crippen LogP contribution in [0, 0.1) is 5.92 Å². The largest absolute Gasteiger partial charge is 0.388 e. The second-order valence-electron chi connectivity index (χ2n) is 7.03.